The molecule has 172 valence electrons. The number of nitrogens with two attached hydrogens (primary N) is 1. The highest BCUT2D eigenvalue weighted by Crippen LogP contribution is 2.25. The van der Waals surface area contributed by atoms with Crippen LogP contribution in [0.4, 0.5) is 17.3 Å². The van der Waals surface area contributed by atoms with Crippen LogP contribution in [-0.4, -0.2) is 63.7 Å². The number of nitrogens with one attached hydrogen (secondary N) is 2. The van der Waals surface area contributed by atoms with Crippen LogP contribution in [0.15, 0.2) is 36.4 Å². The number of H-pyrrole nitrogens is 1. The number of nitrogen functional groups attached to an aromatic ring is 1. The number of rotatable bonds is 9. The molecule has 1 aliphatic rings. The second kappa shape index (κ2) is 10.8. The van der Waals surface area contributed by atoms with Crippen molar-refractivity contribution in [3.05, 3.63) is 59.2 Å². The Labute approximate surface area is 193 Å². The molecule has 0 atom stereocenters. The van der Waals surface area contributed by atoms with Crippen LogP contribution in [-0.2, 0) is 4.74 Å². The summed E-state index contributed by atoms with van der Waals surface area (Å²) >= 11 is 0. The SMILES string of the molecule is Cc1cc(Nc2nc(/C=C/c3ccccc3)nc(C(=O)CCCN3CCOCC3)c2N)n[nH]1. The maximum atomic E-state index is 13.1. The molecule has 1 aliphatic heterocycles. The fourth-order valence-corrected chi connectivity index (χ4v) is 3.61. The maximum Gasteiger partial charge on any atom is 0.183 e. The lowest BCUT2D eigenvalue weighted by atomic mass is 10.1. The molecule has 0 spiro atoms. The summed E-state index contributed by atoms with van der Waals surface area (Å²) in [6.07, 6.45) is 4.78. The summed E-state index contributed by atoms with van der Waals surface area (Å²) in [7, 11) is 0. The van der Waals surface area contributed by atoms with Gasteiger partial charge >= 0.3 is 0 Å². The van der Waals surface area contributed by atoms with Crippen LogP contribution in [0, 0.1) is 6.92 Å². The van der Waals surface area contributed by atoms with Crippen molar-refractivity contribution in [2.45, 2.75) is 19.8 Å². The summed E-state index contributed by atoms with van der Waals surface area (Å²) < 4.78 is 5.38. The van der Waals surface area contributed by atoms with Crippen molar-refractivity contribution in [1.82, 2.24) is 25.1 Å². The second-order valence-electron chi connectivity index (χ2n) is 7.98. The molecule has 4 rings (SSSR count). The Morgan fingerprint density at radius 3 is 2.73 bits per heavy atom. The topological polar surface area (TPSA) is 122 Å². The van der Waals surface area contributed by atoms with Gasteiger partial charge in [0.2, 0.25) is 0 Å². The van der Waals surface area contributed by atoms with Gasteiger partial charge in [0, 0.05) is 31.3 Å². The van der Waals surface area contributed by atoms with Crippen molar-refractivity contribution in [2.24, 2.45) is 0 Å². The van der Waals surface area contributed by atoms with Crippen LogP contribution >= 0.6 is 0 Å². The van der Waals surface area contributed by atoms with Gasteiger partial charge < -0.3 is 15.8 Å². The van der Waals surface area contributed by atoms with Crippen molar-refractivity contribution < 1.29 is 9.53 Å². The lowest BCUT2D eigenvalue weighted by Gasteiger charge is -2.26. The van der Waals surface area contributed by atoms with Crippen LogP contribution in [0.2, 0.25) is 0 Å². The van der Waals surface area contributed by atoms with Gasteiger partial charge in [0.05, 0.1) is 13.2 Å². The number of aryl methyl sites for hydroxylation is 1. The van der Waals surface area contributed by atoms with Crippen molar-refractivity contribution in [2.75, 3.05) is 43.9 Å². The lowest BCUT2D eigenvalue weighted by molar-refractivity contribution is 0.0371. The van der Waals surface area contributed by atoms with Gasteiger partial charge in [-0.05, 0) is 31.5 Å². The second-order valence-corrected chi connectivity index (χ2v) is 7.98. The van der Waals surface area contributed by atoms with Gasteiger partial charge in [0.15, 0.2) is 23.2 Å². The molecular formula is C24H29N7O2. The molecule has 3 heterocycles. The Hall–Kier alpha value is -3.56. The largest absolute Gasteiger partial charge is 0.394 e. The minimum atomic E-state index is -0.0984. The highest BCUT2D eigenvalue weighted by atomic mass is 16.5. The smallest absolute Gasteiger partial charge is 0.183 e. The van der Waals surface area contributed by atoms with E-state index in [1.807, 2.05) is 49.4 Å². The van der Waals surface area contributed by atoms with Crippen LogP contribution < -0.4 is 11.1 Å². The molecule has 33 heavy (non-hydrogen) atoms. The predicted octanol–water partition coefficient (Wildman–Crippen LogP) is 3.30. The Morgan fingerprint density at radius 1 is 1.21 bits per heavy atom. The predicted molar refractivity (Wildman–Crippen MR) is 129 cm³/mol. The summed E-state index contributed by atoms with van der Waals surface area (Å²) in [5.41, 5.74) is 8.69. The molecule has 1 saturated heterocycles. The first kappa shape index (κ1) is 22.6. The molecule has 0 saturated carbocycles. The third kappa shape index (κ3) is 6.24. The quantitative estimate of drug-likeness (QED) is 0.427. The zero-order chi connectivity index (χ0) is 23.0. The van der Waals surface area contributed by atoms with Gasteiger partial charge in [-0.3, -0.25) is 14.8 Å². The van der Waals surface area contributed by atoms with E-state index in [1.54, 1.807) is 6.08 Å². The first-order valence-corrected chi connectivity index (χ1v) is 11.1. The molecule has 3 aromatic rings. The first-order valence-electron chi connectivity index (χ1n) is 11.1. The summed E-state index contributed by atoms with van der Waals surface area (Å²) in [5.74, 6) is 1.24. The van der Waals surface area contributed by atoms with E-state index in [0.717, 1.165) is 50.5 Å². The molecule has 0 amide bonds. The molecule has 2 aromatic heterocycles. The van der Waals surface area contributed by atoms with Gasteiger partial charge in [-0.15, -0.1) is 0 Å². The fourth-order valence-electron chi connectivity index (χ4n) is 3.61. The van der Waals surface area contributed by atoms with Gasteiger partial charge in [-0.25, -0.2) is 9.97 Å². The summed E-state index contributed by atoms with van der Waals surface area (Å²) in [6, 6.07) is 11.7. The molecule has 1 fully saturated rings. The molecule has 4 N–H and O–H groups in total. The number of Topliss-reactive ketones (excluding diaryl/α,β-unsaturated/α-hetero) is 1. The number of nitrogens with zero attached hydrogens (tertiary/aromatic N) is 4. The zero-order valence-electron chi connectivity index (χ0n) is 18.8. The molecule has 0 aliphatic carbocycles. The van der Waals surface area contributed by atoms with Gasteiger partial charge in [-0.1, -0.05) is 36.4 Å². The Balaban J connectivity index is 1.54. The van der Waals surface area contributed by atoms with Gasteiger partial charge in [-0.2, -0.15) is 5.10 Å². The van der Waals surface area contributed by atoms with Crippen molar-refractivity contribution in [3.8, 4) is 0 Å². The van der Waals surface area contributed by atoms with E-state index in [-0.39, 0.29) is 17.2 Å². The van der Waals surface area contributed by atoms with E-state index >= 15 is 0 Å². The monoisotopic (exact) mass is 447 g/mol. The highest BCUT2D eigenvalue weighted by molar-refractivity contribution is 6.01. The Morgan fingerprint density at radius 2 is 2.00 bits per heavy atom. The van der Waals surface area contributed by atoms with Crippen molar-refractivity contribution in [1.29, 1.82) is 0 Å². The molecule has 9 nitrogen and oxygen atoms in total. The molecule has 1 aromatic carbocycles. The number of aromatic amines is 1. The van der Waals surface area contributed by atoms with E-state index in [9.17, 15) is 4.79 Å². The molecule has 0 bridgehead atoms. The van der Waals surface area contributed by atoms with Crippen LogP contribution in [0.3, 0.4) is 0 Å². The summed E-state index contributed by atoms with van der Waals surface area (Å²) in [6.45, 7) is 6.03. The lowest BCUT2D eigenvalue weighted by Crippen LogP contribution is -2.37. The normalized spacial score (nSPS) is 14.6. The molecule has 9 heteroatoms. The maximum absolute atomic E-state index is 13.1. The number of ether oxygens (including phenoxy) is 1. The van der Waals surface area contributed by atoms with Gasteiger partial charge in [0.1, 0.15) is 11.4 Å². The number of benzene rings is 1. The third-order valence-corrected chi connectivity index (χ3v) is 5.39. The van der Waals surface area contributed by atoms with E-state index in [4.69, 9.17) is 10.5 Å². The van der Waals surface area contributed by atoms with Crippen LogP contribution in [0.1, 0.15) is 40.4 Å². The number of hydrogen-bond acceptors (Lipinski definition) is 8. The first-order chi connectivity index (χ1) is 16.1. The minimum Gasteiger partial charge on any atom is -0.394 e. The Bertz CT molecular complexity index is 1110. The number of morpholine rings is 1. The number of hydrogen-bond donors (Lipinski definition) is 3. The number of anilines is 3. The van der Waals surface area contributed by atoms with E-state index in [0.29, 0.717) is 23.9 Å². The van der Waals surface area contributed by atoms with Crippen molar-refractivity contribution >= 4 is 35.3 Å². The number of carbonyl (C=O) groups excluding carboxylic acids is 1. The number of carbonyl (C=O) groups is 1. The van der Waals surface area contributed by atoms with Crippen molar-refractivity contribution in [3.63, 3.8) is 0 Å². The fraction of sp³-hybridized carbons (Fsp3) is 0.333. The average Bonchev–Trinajstić information content (AvgIpc) is 3.25. The van der Waals surface area contributed by atoms with Crippen LogP contribution in [0.25, 0.3) is 12.2 Å². The summed E-state index contributed by atoms with van der Waals surface area (Å²) in [5, 5.41) is 10.2. The van der Waals surface area contributed by atoms with Gasteiger partial charge in [0.25, 0.3) is 0 Å². The Kier molecular flexibility index (Phi) is 7.43. The van der Waals surface area contributed by atoms with Crippen LogP contribution in [0.5, 0.6) is 0 Å². The number of ketones is 1. The zero-order valence-corrected chi connectivity index (χ0v) is 18.8. The number of aromatic nitrogens is 4. The average molecular weight is 448 g/mol. The van der Waals surface area contributed by atoms with E-state index in [1.165, 1.54) is 0 Å². The standard InChI is InChI=1S/C24H29N7O2/c1-17-16-21(30-29-17)28-24-22(25)23(19(32)8-5-11-31-12-14-33-15-13-31)26-20(27-24)10-9-18-6-3-2-4-7-18/h2-4,6-7,9-10,16H,5,8,11-15,25H2,1H3,(H2,26,27,28,29,30)/b10-9+. The third-order valence-electron chi connectivity index (χ3n) is 5.39. The summed E-state index contributed by atoms with van der Waals surface area (Å²) in [4.78, 5) is 24.4. The molecule has 0 radical (unpaired) electrons. The molecule has 0 unspecified atom stereocenters. The van der Waals surface area contributed by atoms with E-state index < -0.39 is 0 Å². The highest BCUT2D eigenvalue weighted by Gasteiger charge is 2.19. The van der Waals surface area contributed by atoms with E-state index in [2.05, 4.69) is 30.4 Å². The molecular weight excluding hydrogens is 418 g/mol. The minimum absolute atomic E-state index is 0.0984.